The normalized spacial score (nSPS) is 11.6. The smallest absolute Gasteiger partial charge is 0.269 e. The van der Waals surface area contributed by atoms with Crippen LogP contribution in [-0.2, 0) is 6.54 Å². The molecule has 0 spiro atoms. The van der Waals surface area contributed by atoms with E-state index in [-0.39, 0.29) is 11.3 Å². The Bertz CT molecular complexity index is 426. The van der Waals surface area contributed by atoms with Crippen molar-refractivity contribution in [3.05, 3.63) is 17.5 Å². The quantitative estimate of drug-likeness (QED) is 0.783. The van der Waals surface area contributed by atoms with E-state index in [0.29, 0.717) is 24.7 Å². The van der Waals surface area contributed by atoms with Crippen LogP contribution in [0.4, 0.5) is 0 Å². The molecule has 1 aromatic rings. The summed E-state index contributed by atoms with van der Waals surface area (Å²) in [5, 5.41) is 7.28. The summed E-state index contributed by atoms with van der Waals surface area (Å²) in [7, 11) is 0. The molecule has 19 heavy (non-hydrogen) atoms. The molecule has 1 N–H and O–H groups in total. The van der Waals surface area contributed by atoms with E-state index in [1.165, 1.54) is 0 Å². The third kappa shape index (κ3) is 4.86. The Kier molecular flexibility index (Phi) is 5.85. The van der Waals surface area contributed by atoms with Crippen LogP contribution in [-0.4, -0.2) is 28.1 Å². The van der Waals surface area contributed by atoms with Gasteiger partial charge in [0.2, 0.25) is 0 Å². The molecule has 0 saturated carbocycles. The van der Waals surface area contributed by atoms with Gasteiger partial charge in [-0.05, 0) is 38.2 Å². The van der Waals surface area contributed by atoms with Gasteiger partial charge >= 0.3 is 0 Å². The maximum atomic E-state index is 12.2. The first kappa shape index (κ1) is 16.0. The van der Waals surface area contributed by atoms with Crippen molar-refractivity contribution in [3.8, 4) is 0 Å². The summed E-state index contributed by atoms with van der Waals surface area (Å²) in [6.07, 6.45) is 1.97. The predicted octanol–water partition coefficient (Wildman–Crippen LogP) is 2.99. The van der Waals surface area contributed by atoms with Gasteiger partial charge in [0, 0.05) is 19.0 Å². The fraction of sp³-hybridized carbons (Fsp3) is 0.714. The van der Waals surface area contributed by atoms with Gasteiger partial charge in [-0.25, -0.2) is 0 Å². The minimum absolute atomic E-state index is 0.0543. The van der Waals surface area contributed by atoms with Crippen molar-refractivity contribution in [2.45, 2.75) is 47.1 Å². The van der Waals surface area contributed by atoms with E-state index >= 15 is 0 Å². The van der Waals surface area contributed by atoms with E-state index < -0.39 is 0 Å². The first-order chi connectivity index (χ1) is 8.89. The fourth-order valence-electron chi connectivity index (χ4n) is 2.01. The van der Waals surface area contributed by atoms with E-state index in [0.717, 1.165) is 18.5 Å². The lowest BCUT2D eigenvalue weighted by atomic mass is 9.88. The lowest BCUT2D eigenvalue weighted by Crippen LogP contribution is -2.35. The molecule has 0 atom stereocenters. The van der Waals surface area contributed by atoms with Gasteiger partial charge in [-0.3, -0.25) is 9.48 Å². The number of amides is 1. The molecule has 0 radical (unpaired) electrons. The van der Waals surface area contributed by atoms with Crippen LogP contribution >= 0.6 is 11.6 Å². The highest BCUT2D eigenvalue weighted by atomic mass is 35.5. The second kappa shape index (κ2) is 6.94. The van der Waals surface area contributed by atoms with E-state index in [4.69, 9.17) is 11.6 Å². The molecule has 0 saturated heterocycles. The third-order valence-electron chi connectivity index (χ3n) is 3.15. The summed E-state index contributed by atoms with van der Waals surface area (Å²) in [6.45, 7) is 9.51. The Morgan fingerprint density at radius 2 is 2.21 bits per heavy atom. The molecule has 1 amide bonds. The van der Waals surface area contributed by atoms with Crippen LogP contribution in [0, 0.1) is 12.3 Å². The average Bonchev–Trinajstić information content (AvgIpc) is 2.75. The Hall–Kier alpha value is -1.03. The molecule has 0 aliphatic carbocycles. The molecular weight excluding hydrogens is 262 g/mol. The number of aromatic nitrogens is 2. The molecule has 108 valence electrons. The van der Waals surface area contributed by atoms with Crippen molar-refractivity contribution in [2.24, 2.45) is 5.41 Å². The number of carbonyl (C=O) groups is 1. The van der Waals surface area contributed by atoms with Crippen LogP contribution in [0.2, 0.25) is 0 Å². The van der Waals surface area contributed by atoms with Gasteiger partial charge in [0.05, 0.1) is 5.69 Å². The molecule has 0 aliphatic heterocycles. The van der Waals surface area contributed by atoms with Crippen molar-refractivity contribution in [2.75, 3.05) is 12.4 Å². The molecular formula is C14H24ClN3O. The topological polar surface area (TPSA) is 46.9 Å². The third-order valence-corrected chi connectivity index (χ3v) is 3.42. The van der Waals surface area contributed by atoms with Gasteiger partial charge in [0.15, 0.2) is 0 Å². The Labute approximate surface area is 120 Å². The number of nitrogens with zero attached hydrogens (tertiary/aromatic N) is 2. The van der Waals surface area contributed by atoms with E-state index in [1.807, 2.05) is 19.9 Å². The minimum atomic E-state index is -0.0543. The van der Waals surface area contributed by atoms with E-state index in [9.17, 15) is 4.79 Å². The second-order valence-corrected chi connectivity index (χ2v) is 6.00. The van der Waals surface area contributed by atoms with Crippen LogP contribution in [0.5, 0.6) is 0 Å². The second-order valence-electron chi connectivity index (χ2n) is 5.63. The van der Waals surface area contributed by atoms with Gasteiger partial charge in [0.1, 0.15) is 5.69 Å². The molecule has 0 aliphatic rings. The number of nitrogens with one attached hydrogen (secondary N) is 1. The Morgan fingerprint density at radius 1 is 1.53 bits per heavy atom. The molecule has 1 aromatic heterocycles. The highest BCUT2D eigenvalue weighted by Crippen LogP contribution is 2.21. The molecule has 0 bridgehead atoms. The highest BCUT2D eigenvalue weighted by Gasteiger charge is 2.20. The first-order valence-corrected chi connectivity index (χ1v) is 7.31. The van der Waals surface area contributed by atoms with Crippen molar-refractivity contribution < 1.29 is 4.79 Å². The molecule has 0 aromatic carbocycles. The molecule has 1 rings (SSSR count). The maximum absolute atomic E-state index is 12.2. The summed E-state index contributed by atoms with van der Waals surface area (Å²) in [6, 6.07) is 1.82. The summed E-state index contributed by atoms with van der Waals surface area (Å²) in [5.41, 5.74) is 1.57. The number of aryl methyl sites for hydroxylation is 2. The molecule has 0 unspecified atom stereocenters. The number of hydrogen-bond donors (Lipinski definition) is 1. The zero-order valence-electron chi connectivity index (χ0n) is 12.3. The first-order valence-electron chi connectivity index (χ1n) is 6.78. The molecule has 1 heterocycles. The number of carbonyl (C=O) groups excluding carboxylic acids is 1. The number of halogens is 1. The van der Waals surface area contributed by atoms with E-state index in [2.05, 4.69) is 24.3 Å². The predicted molar refractivity (Wildman–Crippen MR) is 78.7 cm³/mol. The van der Waals surface area contributed by atoms with E-state index in [1.54, 1.807) is 4.68 Å². The van der Waals surface area contributed by atoms with Crippen molar-refractivity contribution >= 4 is 17.5 Å². The van der Waals surface area contributed by atoms with Crippen molar-refractivity contribution in [1.82, 2.24) is 15.1 Å². The Balaban J connectivity index is 2.60. The van der Waals surface area contributed by atoms with Crippen LogP contribution in [0.3, 0.4) is 0 Å². The zero-order valence-corrected chi connectivity index (χ0v) is 13.0. The average molecular weight is 286 g/mol. The molecule has 5 heteroatoms. The highest BCUT2D eigenvalue weighted by molar-refractivity contribution is 6.17. The van der Waals surface area contributed by atoms with Crippen molar-refractivity contribution in [1.29, 1.82) is 0 Å². The van der Waals surface area contributed by atoms with Gasteiger partial charge < -0.3 is 5.32 Å². The zero-order chi connectivity index (χ0) is 14.5. The van der Waals surface area contributed by atoms with Gasteiger partial charge in [-0.2, -0.15) is 5.10 Å². The standard InChI is InChI=1S/C14H24ClN3O/c1-5-18-12(9-11(2)17-18)13(19)16-10-14(3,4)7-6-8-15/h9H,5-8,10H2,1-4H3,(H,16,19). The summed E-state index contributed by atoms with van der Waals surface area (Å²) >= 11 is 5.71. The Morgan fingerprint density at radius 3 is 2.79 bits per heavy atom. The number of hydrogen-bond acceptors (Lipinski definition) is 2. The van der Waals surface area contributed by atoms with Crippen LogP contribution in [0.15, 0.2) is 6.07 Å². The monoisotopic (exact) mass is 285 g/mol. The summed E-state index contributed by atoms with van der Waals surface area (Å²) in [4.78, 5) is 12.2. The van der Waals surface area contributed by atoms with Gasteiger partial charge in [-0.1, -0.05) is 13.8 Å². The van der Waals surface area contributed by atoms with Crippen molar-refractivity contribution in [3.63, 3.8) is 0 Å². The number of alkyl halides is 1. The lowest BCUT2D eigenvalue weighted by Gasteiger charge is -2.24. The van der Waals surface area contributed by atoms with Crippen LogP contribution in [0.1, 0.15) is 49.8 Å². The largest absolute Gasteiger partial charge is 0.350 e. The molecule has 4 nitrogen and oxygen atoms in total. The molecule has 0 fully saturated rings. The maximum Gasteiger partial charge on any atom is 0.269 e. The van der Waals surface area contributed by atoms with Gasteiger partial charge in [-0.15, -0.1) is 11.6 Å². The summed E-state index contributed by atoms with van der Waals surface area (Å²) < 4.78 is 1.73. The van der Waals surface area contributed by atoms with Crippen LogP contribution < -0.4 is 5.32 Å². The fourth-order valence-corrected chi connectivity index (χ4v) is 2.15. The SMILES string of the molecule is CCn1nc(C)cc1C(=O)NCC(C)(C)CCCCl. The van der Waals surface area contributed by atoms with Gasteiger partial charge in [0.25, 0.3) is 5.91 Å². The number of rotatable bonds is 7. The summed E-state index contributed by atoms with van der Waals surface area (Å²) in [5.74, 6) is 0.612. The minimum Gasteiger partial charge on any atom is -0.350 e. The lowest BCUT2D eigenvalue weighted by molar-refractivity contribution is 0.0924. The van der Waals surface area contributed by atoms with Crippen LogP contribution in [0.25, 0.3) is 0 Å².